The van der Waals surface area contributed by atoms with Crippen LogP contribution in [0.4, 0.5) is 14.9 Å². The van der Waals surface area contributed by atoms with Gasteiger partial charge in [-0.2, -0.15) is 5.10 Å². The van der Waals surface area contributed by atoms with Crippen LogP contribution in [0.15, 0.2) is 109 Å². The van der Waals surface area contributed by atoms with Gasteiger partial charge in [-0.1, -0.05) is 67.6 Å². The van der Waals surface area contributed by atoms with Crippen molar-refractivity contribution in [3.63, 3.8) is 0 Å². The molecule has 3 atom stereocenters. The number of carbonyl (C=O) groups excluding carboxylic acids is 2. The van der Waals surface area contributed by atoms with Crippen molar-refractivity contribution in [1.82, 2.24) is 15.1 Å². The summed E-state index contributed by atoms with van der Waals surface area (Å²) in [6, 6.07) is 30.0. The first kappa shape index (κ1) is 25.3. The Bertz CT molecular complexity index is 1650. The van der Waals surface area contributed by atoms with Crippen molar-refractivity contribution < 1.29 is 18.7 Å². The van der Waals surface area contributed by atoms with E-state index in [2.05, 4.69) is 10.4 Å². The number of nitrogens with one attached hydrogen (secondary N) is 1. The summed E-state index contributed by atoms with van der Waals surface area (Å²) in [4.78, 5) is 28.4. The average Bonchev–Trinajstić information content (AvgIpc) is 3.51. The Kier molecular flexibility index (Phi) is 6.74. The van der Waals surface area contributed by atoms with Crippen LogP contribution in [0.1, 0.15) is 24.1 Å². The van der Waals surface area contributed by atoms with Gasteiger partial charge >= 0.3 is 6.09 Å². The first-order valence-corrected chi connectivity index (χ1v) is 13.1. The van der Waals surface area contributed by atoms with E-state index in [1.54, 1.807) is 27.9 Å². The van der Waals surface area contributed by atoms with Crippen molar-refractivity contribution in [3.8, 4) is 5.69 Å². The second-order valence-electron chi connectivity index (χ2n) is 9.86. The van der Waals surface area contributed by atoms with Crippen LogP contribution < -0.4 is 10.2 Å². The van der Waals surface area contributed by atoms with E-state index in [0.29, 0.717) is 5.69 Å². The van der Waals surface area contributed by atoms with E-state index in [0.717, 1.165) is 27.7 Å². The Morgan fingerprint density at radius 1 is 0.925 bits per heavy atom. The lowest BCUT2D eigenvalue weighted by molar-refractivity contribution is -0.120. The molecular weight excluding hydrogens is 507 g/mol. The van der Waals surface area contributed by atoms with Crippen LogP contribution in [0.2, 0.25) is 0 Å². The van der Waals surface area contributed by atoms with Crippen LogP contribution in [0.3, 0.4) is 0 Å². The van der Waals surface area contributed by atoms with Crippen LogP contribution in [0.25, 0.3) is 16.6 Å². The zero-order valence-electron chi connectivity index (χ0n) is 21.8. The minimum Gasteiger partial charge on any atom is -0.445 e. The topological polar surface area (TPSA) is 76.5 Å². The zero-order chi connectivity index (χ0) is 27.6. The summed E-state index contributed by atoms with van der Waals surface area (Å²) in [6.45, 7) is 1.96. The first-order chi connectivity index (χ1) is 19.5. The quantitative estimate of drug-likeness (QED) is 0.282. The normalized spacial score (nSPS) is 18.7. The number of nitrogens with zero attached hydrogens (tertiary/aromatic N) is 3. The third kappa shape index (κ3) is 4.80. The highest BCUT2D eigenvalue weighted by molar-refractivity contribution is 6.01. The second kappa shape index (κ2) is 10.6. The summed E-state index contributed by atoms with van der Waals surface area (Å²) < 4.78 is 20.7. The maximum Gasteiger partial charge on any atom is 0.407 e. The predicted octanol–water partition coefficient (Wildman–Crippen LogP) is 6.18. The van der Waals surface area contributed by atoms with Crippen LogP contribution in [-0.2, 0) is 16.1 Å². The number of anilines is 1. The van der Waals surface area contributed by atoms with E-state index in [-0.39, 0.29) is 18.3 Å². The molecule has 4 aromatic carbocycles. The van der Waals surface area contributed by atoms with Crippen molar-refractivity contribution in [3.05, 3.63) is 126 Å². The maximum atomic E-state index is 13.7. The second-order valence-corrected chi connectivity index (χ2v) is 9.86. The van der Waals surface area contributed by atoms with Crippen molar-refractivity contribution >= 4 is 28.6 Å². The SMILES string of the molecule is C[C@@H]1C(=O)N(c2ccc3c(cnn3-c3ccc(F)cc3)c2)[C@H](c2ccccc2)[C@H]1NC(=O)OCc1ccccc1. The van der Waals surface area contributed by atoms with Crippen molar-refractivity contribution in [2.45, 2.75) is 25.6 Å². The molecule has 8 heteroatoms. The summed E-state index contributed by atoms with van der Waals surface area (Å²) in [6.07, 6.45) is 1.15. The Labute approximate surface area is 230 Å². The van der Waals surface area contributed by atoms with Gasteiger partial charge in [-0.25, -0.2) is 13.9 Å². The van der Waals surface area contributed by atoms with E-state index in [1.807, 2.05) is 85.8 Å². The highest BCUT2D eigenvalue weighted by atomic mass is 19.1. The standard InChI is InChI=1S/C32H27FN4O3/c1-21-29(35-32(39)40-20-22-8-4-2-5-9-22)30(23-10-6-3-7-11-23)36(31(21)38)27-16-17-28-24(18-27)19-34-37(28)26-14-12-25(33)13-15-26/h2-19,21,29-30H,20H2,1H3,(H,35,39)/t21-,29-,30+/m0/s1. The molecule has 40 heavy (non-hydrogen) atoms. The van der Waals surface area contributed by atoms with E-state index >= 15 is 0 Å². The van der Waals surface area contributed by atoms with Gasteiger partial charge in [0, 0.05) is 11.1 Å². The maximum absolute atomic E-state index is 13.7. The molecular formula is C32H27FN4O3. The number of hydrogen-bond donors (Lipinski definition) is 1. The van der Waals surface area contributed by atoms with Crippen LogP contribution in [0.5, 0.6) is 0 Å². The fraction of sp³-hybridized carbons (Fsp3) is 0.156. The van der Waals surface area contributed by atoms with Crippen LogP contribution >= 0.6 is 0 Å². The third-order valence-electron chi connectivity index (χ3n) is 7.32. The lowest BCUT2D eigenvalue weighted by Gasteiger charge is -2.29. The fourth-order valence-electron chi connectivity index (χ4n) is 5.30. The Balaban J connectivity index is 1.31. The van der Waals surface area contributed by atoms with E-state index in [9.17, 15) is 14.0 Å². The number of halogens is 1. The van der Waals surface area contributed by atoms with Crippen LogP contribution in [0, 0.1) is 11.7 Å². The molecule has 1 aliphatic heterocycles. The number of alkyl carbamates (subject to hydrolysis) is 1. The molecule has 1 aromatic heterocycles. The average molecular weight is 535 g/mol. The molecule has 1 N–H and O–H groups in total. The Morgan fingerprint density at radius 3 is 2.33 bits per heavy atom. The fourth-order valence-corrected chi connectivity index (χ4v) is 5.30. The lowest BCUT2D eigenvalue weighted by Crippen LogP contribution is -2.42. The molecule has 0 aliphatic carbocycles. The molecule has 0 spiro atoms. The number of aromatic nitrogens is 2. The molecule has 1 aliphatic rings. The molecule has 6 rings (SSSR count). The lowest BCUT2D eigenvalue weighted by atomic mass is 9.94. The van der Waals surface area contributed by atoms with Gasteiger partial charge in [-0.15, -0.1) is 0 Å². The molecule has 2 amide bonds. The smallest absolute Gasteiger partial charge is 0.407 e. The molecule has 2 heterocycles. The van der Waals surface area contributed by atoms with E-state index in [1.165, 1.54) is 12.1 Å². The van der Waals surface area contributed by atoms with Gasteiger partial charge in [0.25, 0.3) is 0 Å². The number of benzene rings is 4. The summed E-state index contributed by atoms with van der Waals surface area (Å²) in [5, 5.41) is 8.29. The number of amides is 2. The number of carbonyl (C=O) groups is 2. The minimum atomic E-state index is -0.577. The molecule has 1 fully saturated rings. The van der Waals surface area contributed by atoms with Gasteiger partial charge in [0.1, 0.15) is 12.4 Å². The monoisotopic (exact) mass is 534 g/mol. The van der Waals surface area contributed by atoms with E-state index < -0.39 is 24.1 Å². The van der Waals surface area contributed by atoms with Crippen LogP contribution in [-0.4, -0.2) is 27.8 Å². The molecule has 5 aromatic rings. The Hall–Kier alpha value is -4.98. The van der Waals surface area contributed by atoms with Gasteiger partial charge in [0.15, 0.2) is 0 Å². The van der Waals surface area contributed by atoms with Crippen molar-refractivity contribution in [1.29, 1.82) is 0 Å². The molecule has 0 bridgehead atoms. The summed E-state index contributed by atoms with van der Waals surface area (Å²) in [7, 11) is 0. The summed E-state index contributed by atoms with van der Waals surface area (Å²) >= 11 is 0. The molecule has 0 unspecified atom stereocenters. The van der Waals surface area contributed by atoms with E-state index in [4.69, 9.17) is 4.74 Å². The predicted molar refractivity (Wildman–Crippen MR) is 150 cm³/mol. The minimum absolute atomic E-state index is 0.104. The van der Waals surface area contributed by atoms with Gasteiger partial charge < -0.3 is 15.0 Å². The molecule has 7 nitrogen and oxygen atoms in total. The number of ether oxygens (including phenoxy) is 1. The molecule has 0 radical (unpaired) electrons. The molecule has 200 valence electrons. The summed E-state index contributed by atoms with van der Waals surface area (Å²) in [5.41, 5.74) is 4.03. The highest BCUT2D eigenvalue weighted by Gasteiger charge is 2.48. The van der Waals surface area contributed by atoms with Gasteiger partial charge in [0.2, 0.25) is 5.91 Å². The Morgan fingerprint density at radius 2 is 1.60 bits per heavy atom. The molecule has 1 saturated heterocycles. The zero-order valence-corrected chi connectivity index (χ0v) is 21.8. The van der Waals surface area contributed by atoms with Crippen molar-refractivity contribution in [2.75, 3.05) is 4.90 Å². The first-order valence-electron chi connectivity index (χ1n) is 13.1. The van der Waals surface area contributed by atoms with Gasteiger partial charge in [-0.3, -0.25) is 4.79 Å². The highest BCUT2D eigenvalue weighted by Crippen LogP contribution is 2.41. The molecule has 0 saturated carbocycles. The number of hydrogen-bond acceptors (Lipinski definition) is 4. The number of fused-ring (bicyclic) bond motifs is 1. The largest absolute Gasteiger partial charge is 0.445 e. The third-order valence-corrected chi connectivity index (χ3v) is 7.32. The number of rotatable bonds is 6. The van der Waals surface area contributed by atoms with Gasteiger partial charge in [-0.05, 0) is 53.6 Å². The van der Waals surface area contributed by atoms with Crippen molar-refractivity contribution in [2.24, 2.45) is 5.92 Å². The summed E-state index contributed by atoms with van der Waals surface area (Å²) in [5.74, 6) is -0.914. The van der Waals surface area contributed by atoms with Gasteiger partial charge in [0.05, 0.1) is 35.4 Å².